The number of guanidine groups is 1. The fourth-order valence-electron chi connectivity index (χ4n) is 3.47. The first-order valence-electron chi connectivity index (χ1n) is 9.56. The SMILES string of the molecule is CN1C(=O)CC(C)(c2cccc(CC(=O)c3cnc(-c4ccc[nH]4)cn3)c2)N=C1N. The molecule has 8 nitrogen and oxygen atoms in total. The Morgan fingerprint density at radius 2 is 2.07 bits per heavy atom. The summed E-state index contributed by atoms with van der Waals surface area (Å²) >= 11 is 0. The summed E-state index contributed by atoms with van der Waals surface area (Å²) in [5.41, 5.74) is 8.62. The highest BCUT2D eigenvalue weighted by Crippen LogP contribution is 2.33. The normalized spacial score (nSPS) is 18.9. The Balaban J connectivity index is 1.53. The number of aromatic nitrogens is 3. The Kier molecular flexibility index (Phi) is 4.91. The average molecular weight is 402 g/mol. The zero-order valence-corrected chi connectivity index (χ0v) is 16.8. The number of nitrogens with one attached hydrogen (secondary N) is 1. The number of Topliss-reactive ketones (excluding diaryl/α,β-unsaturated/α-hetero) is 1. The number of aliphatic imine (C=N–C) groups is 1. The molecule has 152 valence electrons. The van der Waals surface area contributed by atoms with Crippen LogP contribution in [0, 0.1) is 0 Å². The molecule has 1 aromatic carbocycles. The van der Waals surface area contributed by atoms with Gasteiger partial charge in [0, 0.05) is 19.7 Å². The molecular formula is C22H22N6O2. The van der Waals surface area contributed by atoms with Crippen LogP contribution in [0.5, 0.6) is 0 Å². The van der Waals surface area contributed by atoms with Gasteiger partial charge in [-0.05, 0) is 30.2 Å². The molecule has 1 atom stereocenters. The van der Waals surface area contributed by atoms with Crippen LogP contribution in [0.2, 0.25) is 0 Å². The maximum atomic E-state index is 12.7. The van der Waals surface area contributed by atoms with Crippen LogP contribution in [-0.4, -0.2) is 44.5 Å². The minimum absolute atomic E-state index is 0.0936. The van der Waals surface area contributed by atoms with E-state index in [4.69, 9.17) is 5.73 Å². The summed E-state index contributed by atoms with van der Waals surface area (Å²) in [6.45, 7) is 1.87. The minimum atomic E-state index is -0.760. The predicted molar refractivity (Wildman–Crippen MR) is 113 cm³/mol. The summed E-state index contributed by atoms with van der Waals surface area (Å²) in [6, 6.07) is 11.3. The molecule has 2 aromatic heterocycles. The van der Waals surface area contributed by atoms with E-state index in [0.29, 0.717) is 11.4 Å². The Hall–Kier alpha value is -3.81. The lowest BCUT2D eigenvalue weighted by atomic mass is 9.86. The third-order valence-corrected chi connectivity index (χ3v) is 5.30. The van der Waals surface area contributed by atoms with E-state index < -0.39 is 5.54 Å². The van der Waals surface area contributed by atoms with Gasteiger partial charge in [0.1, 0.15) is 11.4 Å². The van der Waals surface area contributed by atoms with Crippen LogP contribution in [0.4, 0.5) is 0 Å². The molecule has 3 N–H and O–H groups in total. The average Bonchev–Trinajstić information content (AvgIpc) is 3.27. The van der Waals surface area contributed by atoms with Crippen molar-refractivity contribution in [2.75, 3.05) is 7.05 Å². The molecule has 0 aliphatic carbocycles. The second-order valence-corrected chi connectivity index (χ2v) is 7.54. The number of carbonyl (C=O) groups excluding carboxylic acids is 2. The number of nitrogens with two attached hydrogens (primary N) is 1. The number of hydrogen-bond acceptors (Lipinski definition) is 6. The first-order valence-corrected chi connectivity index (χ1v) is 9.56. The van der Waals surface area contributed by atoms with Gasteiger partial charge in [0.05, 0.1) is 30.0 Å². The van der Waals surface area contributed by atoms with Gasteiger partial charge in [-0.1, -0.05) is 24.3 Å². The fraction of sp³-hybridized carbons (Fsp3) is 0.227. The van der Waals surface area contributed by atoms with Crippen molar-refractivity contribution in [2.45, 2.75) is 25.3 Å². The Morgan fingerprint density at radius 3 is 2.73 bits per heavy atom. The van der Waals surface area contributed by atoms with Gasteiger partial charge in [-0.15, -0.1) is 0 Å². The molecule has 8 heteroatoms. The summed E-state index contributed by atoms with van der Waals surface area (Å²) < 4.78 is 0. The van der Waals surface area contributed by atoms with Crippen molar-refractivity contribution in [2.24, 2.45) is 10.7 Å². The van der Waals surface area contributed by atoms with Gasteiger partial charge < -0.3 is 10.7 Å². The van der Waals surface area contributed by atoms with Crippen LogP contribution < -0.4 is 5.73 Å². The van der Waals surface area contributed by atoms with Gasteiger partial charge in [-0.2, -0.15) is 0 Å². The van der Waals surface area contributed by atoms with Gasteiger partial charge in [0.25, 0.3) is 0 Å². The molecule has 1 aliphatic heterocycles. The maximum absolute atomic E-state index is 12.7. The van der Waals surface area contributed by atoms with E-state index in [9.17, 15) is 9.59 Å². The third kappa shape index (κ3) is 3.71. The van der Waals surface area contributed by atoms with Crippen molar-refractivity contribution in [3.8, 4) is 11.4 Å². The number of hydrogen-bond donors (Lipinski definition) is 2. The number of aromatic amines is 1. The molecular weight excluding hydrogens is 380 g/mol. The van der Waals surface area contributed by atoms with Crippen molar-refractivity contribution in [1.29, 1.82) is 0 Å². The van der Waals surface area contributed by atoms with Crippen LogP contribution in [0.3, 0.4) is 0 Å². The first-order chi connectivity index (χ1) is 14.4. The van der Waals surface area contributed by atoms with E-state index in [1.165, 1.54) is 11.1 Å². The van der Waals surface area contributed by atoms with Crippen LogP contribution in [0.15, 0.2) is 60.0 Å². The lowest BCUT2D eigenvalue weighted by molar-refractivity contribution is -0.128. The molecule has 30 heavy (non-hydrogen) atoms. The summed E-state index contributed by atoms with van der Waals surface area (Å²) in [5, 5.41) is 0. The second-order valence-electron chi connectivity index (χ2n) is 7.54. The molecule has 3 aromatic rings. The number of H-pyrrole nitrogens is 1. The summed E-state index contributed by atoms with van der Waals surface area (Å²) in [6.07, 6.45) is 5.27. The van der Waals surface area contributed by atoms with Crippen molar-refractivity contribution in [3.63, 3.8) is 0 Å². The monoisotopic (exact) mass is 402 g/mol. The minimum Gasteiger partial charge on any atom is -0.369 e. The van der Waals surface area contributed by atoms with Crippen molar-refractivity contribution >= 4 is 17.6 Å². The van der Waals surface area contributed by atoms with E-state index >= 15 is 0 Å². The lowest BCUT2D eigenvalue weighted by Gasteiger charge is -2.33. The zero-order chi connectivity index (χ0) is 21.3. The molecule has 1 amide bonds. The Labute approximate surface area is 173 Å². The lowest BCUT2D eigenvalue weighted by Crippen LogP contribution is -2.47. The summed E-state index contributed by atoms with van der Waals surface area (Å²) in [4.78, 5) is 42.5. The highest BCUT2D eigenvalue weighted by atomic mass is 16.2. The number of nitrogens with zero attached hydrogens (tertiary/aromatic N) is 4. The van der Waals surface area contributed by atoms with E-state index in [1.54, 1.807) is 19.4 Å². The standard InChI is InChI=1S/C22H22N6O2/c1-22(11-20(30)28(2)21(23)27-22)15-6-3-5-14(9-15)10-19(29)18-13-25-17(12-26-18)16-7-4-8-24-16/h3-9,12-13,24H,10-11H2,1-2H3,(H2,23,27). The molecule has 0 radical (unpaired) electrons. The number of rotatable bonds is 5. The van der Waals surface area contributed by atoms with E-state index in [-0.39, 0.29) is 30.5 Å². The molecule has 0 fully saturated rings. The highest BCUT2D eigenvalue weighted by molar-refractivity contribution is 5.99. The van der Waals surface area contributed by atoms with Gasteiger partial charge in [0.15, 0.2) is 11.7 Å². The van der Waals surface area contributed by atoms with E-state index in [1.807, 2.05) is 43.3 Å². The Bertz CT molecular complexity index is 1120. The number of ketones is 1. The smallest absolute Gasteiger partial charge is 0.231 e. The number of amides is 1. The molecule has 3 heterocycles. The van der Waals surface area contributed by atoms with Crippen LogP contribution in [-0.2, 0) is 16.8 Å². The van der Waals surface area contributed by atoms with E-state index in [2.05, 4.69) is 19.9 Å². The summed E-state index contributed by atoms with van der Waals surface area (Å²) in [5.74, 6) is -0.0399. The third-order valence-electron chi connectivity index (χ3n) is 5.30. The van der Waals surface area contributed by atoms with Crippen molar-refractivity contribution in [1.82, 2.24) is 19.9 Å². The largest absolute Gasteiger partial charge is 0.369 e. The molecule has 4 rings (SSSR count). The van der Waals surface area contributed by atoms with Gasteiger partial charge >= 0.3 is 0 Å². The Morgan fingerprint density at radius 1 is 1.23 bits per heavy atom. The van der Waals surface area contributed by atoms with Crippen molar-refractivity contribution in [3.05, 3.63) is 71.8 Å². The van der Waals surface area contributed by atoms with Gasteiger partial charge in [-0.3, -0.25) is 19.5 Å². The molecule has 0 saturated heterocycles. The predicted octanol–water partition coefficient (Wildman–Crippen LogP) is 2.29. The first kappa shape index (κ1) is 19.5. The van der Waals surface area contributed by atoms with Crippen molar-refractivity contribution < 1.29 is 9.59 Å². The fourth-order valence-corrected chi connectivity index (χ4v) is 3.47. The quantitative estimate of drug-likeness (QED) is 0.635. The number of benzene rings is 1. The number of carbonyl (C=O) groups is 2. The van der Waals surface area contributed by atoms with E-state index in [0.717, 1.165) is 16.8 Å². The second kappa shape index (κ2) is 7.55. The van der Waals surface area contributed by atoms with Crippen LogP contribution in [0.25, 0.3) is 11.4 Å². The van der Waals surface area contributed by atoms with Crippen LogP contribution in [0.1, 0.15) is 35.0 Å². The topological polar surface area (TPSA) is 117 Å². The maximum Gasteiger partial charge on any atom is 0.231 e. The molecule has 1 aliphatic rings. The molecule has 0 spiro atoms. The molecule has 0 saturated carbocycles. The van der Waals surface area contributed by atoms with Gasteiger partial charge in [0.2, 0.25) is 5.91 Å². The molecule has 0 bridgehead atoms. The summed E-state index contributed by atoms with van der Waals surface area (Å²) in [7, 11) is 1.61. The zero-order valence-electron chi connectivity index (χ0n) is 16.8. The van der Waals surface area contributed by atoms with Gasteiger partial charge in [-0.25, -0.2) is 9.98 Å². The van der Waals surface area contributed by atoms with Crippen LogP contribution >= 0.6 is 0 Å². The molecule has 1 unspecified atom stereocenters. The highest BCUT2D eigenvalue weighted by Gasteiger charge is 2.36.